The van der Waals surface area contributed by atoms with Gasteiger partial charge in [0.05, 0.1) is 11.0 Å². The molecule has 0 spiro atoms. The Hall–Kier alpha value is -3.59. The van der Waals surface area contributed by atoms with Crippen LogP contribution < -0.4 is 0 Å². The van der Waals surface area contributed by atoms with Crippen LogP contribution in [-0.2, 0) is 0 Å². The van der Waals surface area contributed by atoms with Crippen molar-refractivity contribution in [3.63, 3.8) is 0 Å². The van der Waals surface area contributed by atoms with E-state index in [2.05, 4.69) is 84.8 Å². The fourth-order valence-electron chi connectivity index (χ4n) is 3.82. The van der Waals surface area contributed by atoms with Gasteiger partial charge in [-0.3, -0.25) is 9.47 Å². The van der Waals surface area contributed by atoms with Crippen LogP contribution in [0.5, 0.6) is 0 Å². The summed E-state index contributed by atoms with van der Waals surface area (Å²) in [6, 6.07) is 14.8. The third-order valence-electron chi connectivity index (χ3n) is 4.94. The van der Waals surface area contributed by atoms with Crippen LogP contribution in [0.1, 0.15) is 12.5 Å². The first kappa shape index (κ1) is 16.9. The Kier molecular flexibility index (Phi) is 4.13. The van der Waals surface area contributed by atoms with Gasteiger partial charge in [-0.1, -0.05) is 74.4 Å². The van der Waals surface area contributed by atoms with E-state index in [9.17, 15) is 0 Å². The van der Waals surface area contributed by atoms with Gasteiger partial charge in [0.1, 0.15) is 0 Å². The van der Waals surface area contributed by atoms with Gasteiger partial charge in [-0.05, 0) is 13.0 Å². The summed E-state index contributed by atoms with van der Waals surface area (Å²) < 4.78 is 2.20. The Labute approximate surface area is 159 Å². The Bertz CT molecular complexity index is 1190. The quantitative estimate of drug-likeness (QED) is 0.522. The molecule has 2 heterocycles. The largest absolute Gasteiger partial charge is 0.291 e. The standard InChI is InChI=1S/C24H21N3/c1-5-8-12-18-17(4)26(7-3)24(25-6-2)27-22-16-10-9-13-19(22)21-15-11-14-20(18)23(21)27/h5-16H,1-3H2,4H3/b12-8-,25-24+. The number of hydrogen-bond donors (Lipinski definition) is 0. The number of hydrogen-bond acceptors (Lipinski definition) is 1. The molecule has 2 aromatic carbocycles. The topological polar surface area (TPSA) is 20.5 Å². The lowest BCUT2D eigenvalue weighted by atomic mass is 10.00. The molecular weight excluding hydrogens is 330 g/mol. The van der Waals surface area contributed by atoms with Crippen molar-refractivity contribution < 1.29 is 0 Å². The Morgan fingerprint density at radius 3 is 2.48 bits per heavy atom. The minimum atomic E-state index is 0.762. The summed E-state index contributed by atoms with van der Waals surface area (Å²) in [4.78, 5) is 6.64. The van der Waals surface area contributed by atoms with Crippen molar-refractivity contribution in [2.24, 2.45) is 4.99 Å². The Morgan fingerprint density at radius 2 is 1.74 bits per heavy atom. The number of rotatable bonds is 4. The number of para-hydroxylation sites is 2. The van der Waals surface area contributed by atoms with Crippen molar-refractivity contribution in [3.8, 4) is 0 Å². The molecule has 1 aromatic heterocycles. The molecule has 0 saturated heterocycles. The van der Waals surface area contributed by atoms with Crippen LogP contribution in [0.4, 0.5) is 0 Å². The maximum absolute atomic E-state index is 4.63. The average Bonchev–Trinajstić information content (AvgIpc) is 2.98. The van der Waals surface area contributed by atoms with Gasteiger partial charge in [0.25, 0.3) is 0 Å². The summed E-state index contributed by atoms with van der Waals surface area (Å²) in [5.74, 6) is 0.762. The zero-order valence-corrected chi connectivity index (χ0v) is 15.4. The molecule has 1 aliphatic rings. The lowest BCUT2D eigenvalue weighted by Gasteiger charge is -2.23. The number of benzene rings is 2. The molecule has 0 bridgehead atoms. The normalized spacial score (nSPS) is 15.7. The zero-order chi connectivity index (χ0) is 19.0. The minimum absolute atomic E-state index is 0.762. The van der Waals surface area contributed by atoms with E-state index in [-0.39, 0.29) is 0 Å². The predicted molar refractivity (Wildman–Crippen MR) is 116 cm³/mol. The molecule has 0 radical (unpaired) electrons. The van der Waals surface area contributed by atoms with Crippen LogP contribution in [0.3, 0.4) is 0 Å². The first-order valence-electron chi connectivity index (χ1n) is 8.86. The van der Waals surface area contributed by atoms with E-state index in [1.165, 1.54) is 10.8 Å². The van der Waals surface area contributed by atoms with Crippen molar-refractivity contribution in [1.82, 2.24) is 9.47 Å². The van der Waals surface area contributed by atoms with Crippen molar-refractivity contribution in [2.75, 3.05) is 0 Å². The molecule has 0 unspecified atom stereocenters. The second-order valence-electron chi connectivity index (χ2n) is 6.31. The van der Waals surface area contributed by atoms with E-state index in [0.29, 0.717) is 0 Å². The van der Waals surface area contributed by atoms with E-state index < -0.39 is 0 Å². The van der Waals surface area contributed by atoms with Crippen molar-refractivity contribution in [3.05, 3.63) is 104 Å². The van der Waals surface area contributed by atoms with Crippen molar-refractivity contribution in [2.45, 2.75) is 6.92 Å². The summed E-state index contributed by atoms with van der Waals surface area (Å²) in [5, 5.41) is 2.39. The van der Waals surface area contributed by atoms with Crippen LogP contribution >= 0.6 is 0 Å². The monoisotopic (exact) mass is 351 g/mol. The molecule has 0 atom stereocenters. The first-order chi connectivity index (χ1) is 13.2. The highest BCUT2D eigenvalue weighted by Gasteiger charge is 2.26. The molecular formula is C24H21N3. The van der Waals surface area contributed by atoms with Gasteiger partial charge in [0.2, 0.25) is 5.96 Å². The van der Waals surface area contributed by atoms with Crippen molar-refractivity contribution in [1.29, 1.82) is 0 Å². The SMILES string of the molecule is C=C/C=C\C1=C(C)N(C=C)/C(=N\C=C)n2c3ccccc3c3cccc1c32. The van der Waals surface area contributed by atoms with Gasteiger partial charge in [-0.15, -0.1) is 0 Å². The molecule has 1 aliphatic heterocycles. The average molecular weight is 351 g/mol. The van der Waals surface area contributed by atoms with Gasteiger partial charge in [0.15, 0.2) is 0 Å². The van der Waals surface area contributed by atoms with Crippen LogP contribution in [0.2, 0.25) is 0 Å². The molecule has 3 aromatic rings. The lowest BCUT2D eigenvalue weighted by Crippen LogP contribution is -2.29. The molecule has 27 heavy (non-hydrogen) atoms. The molecule has 0 saturated carbocycles. The minimum Gasteiger partial charge on any atom is -0.291 e. The van der Waals surface area contributed by atoms with Gasteiger partial charge >= 0.3 is 0 Å². The highest BCUT2D eigenvalue weighted by Crippen LogP contribution is 2.38. The zero-order valence-electron chi connectivity index (χ0n) is 15.4. The van der Waals surface area contributed by atoms with Crippen LogP contribution in [0.25, 0.3) is 27.4 Å². The fraction of sp³-hybridized carbons (Fsp3) is 0.0417. The lowest BCUT2D eigenvalue weighted by molar-refractivity contribution is 0.673. The summed E-state index contributed by atoms with van der Waals surface area (Å²) in [6.45, 7) is 13.8. The number of fused-ring (bicyclic) bond motifs is 3. The van der Waals surface area contributed by atoms with Gasteiger partial charge < -0.3 is 0 Å². The number of aromatic nitrogens is 1. The molecule has 0 amide bonds. The fourth-order valence-corrected chi connectivity index (χ4v) is 3.82. The number of nitrogens with zero attached hydrogens (tertiary/aromatic N) is 3. The third-order valence-corrected chi connectivity index (χ3v) is 4.94. The van der Waals surface area contributed by atoms with E-state index in [0.717, 1.165) is 33.8 Å². The number of allylic oxidation sites excluding steroid dienone is 5. The van der Waals surface area contributed by atoms with E-state index in [1.807, 2.05) is 11.0 Å². The summed E-state index contributed by atoms with van der Waals surface area (Å²) in [5.41, 5.74) is 5.55. The van der Waals surface area contributed by atoms with Gasteiger partial charge in [-0.25, -0.2) is 4.99 Å². The molecule has 3 heteroatoms. The molecule has 0 aliphatic carbocycles. The Balaban J connectivity index is 2.28. The summed E-state index contributed by atoms with van der Waals surface area (Å²) in [6.07, 6.45) is 9.21. The van der Waals surface area contributed by atoms with E-state index in [1.54, 1.807) is 18.5 Å². The third kappa shape index (κ3) is 2.40. The maximum atomic E-state index is 4.63. The molecule has 0 N–H and O–H groups in total. The molecule has 3 nitrogen and oxygen atoms in total. The highest BCUT2D eigenvalue weighted by molar-refractivity contribution is 6.18. The summed E-state index contributed by atoms with van der Waals surface area (Å²) >= 11 is 0. The van der Waals surface area contributed by atoms with Gasteiger partial charge in [-0.2, -0.15) is 0 Å². The van der Waals surface area contributed by atoms with E-state index in [4.69, 9.17) is 0 Å². The van der Waals surface area contributed by atoms with Crippen molar-refractivity contribution >= 4 is 33.3 Å². The predicted octanol–water partition coefficient (Wildman–Crippen LogP) is 6.07. The Morgan fingerprint density at radius 1 is 0.963 bits per heavy atom. The molecule has 132 valence electrons. The number of aliphatic imine (C=N–C) groups is 1. The summed E-state index contributed by atoms with van der Waals surface area (Å²) in [7, 11) is 0. The smallest absolute Gasteiger partial charge is 0.219 e. The van der Waals surface area contributed by atoms with Crippen LogP contribution in [-0.4, -0.2) is 15.4 Å². The second-order valence-corrected chi connectivity index (χ2v) is 6.31. The second kappa shape index (κ2) is 6.61. The molecule has 4 rings (SSSR count). The van der Waals surface area contributed by atoms with Crippen LogP contribution in [0.15, 0.2) is 104 Å². The first-order valence-corrected chi connectivity index (χ1v) is 8.86. The molecule has 0 fully saturated rings. The highest BCUT2D eigenvalue weighted by atomic mass is 15.3. The van der Waals surface area contributed by atoms with Crippen LogP contribution in [0, 0.1) is 0 Å². The maximum Gasteiger partial charge on any atom is 0.219 e. The van der Waals surface area contributed by atoms with E-state index >= 15 is 0 Å². The van der Waals surface area contributed by atoms with Gasteiger partial charge in [0, 0.05) is 40.0 Å².